The maximum Gasteiger partial charge on any atom is 0.0740 e. The van der Waals surface area contributed by atoms with Crippen molar-refractivity contribution in [2.45, 2.75) is 6.92 Å². The highest BCUT2D eigenvalue weighted by molar-refractivity contribution is 5.79. The van der Waals surface area contributed by atoms with Crippen molar-refractivity contribution in [1.29, 1.82) is 0 Å². The van der Waals surface area contributed by atoms with Gasteiger partial charge >= 0.3 is 0 Å². The van der Waals surface area contributed by atoms with Crippen LogP contribution in [-0.2, 0) is 0 Å². The van der Waals surface area contributed by atoms with Gasteiger partial charge in [-0.05, 0) is 24.6 Å². The van der Waals surface area contributed by atoms with Crippen LogP contribution >= 0.6 is 0 Å². The zero-order valence-electron chi connectivity index (χ0n) is 9.09. The summed E-state index contributed by atoms with van der Waals surface area (Å²) in [4.78, 5) is 0. The average molecular weight is 208 g/mol. The van der Waals surface area contributed by atoms with Gasteiger partial charge in [-0.3, -0.25) is 0 Å². The van der Waals surface area contributed by atoms with Gasteiger partial charge in [0.25, 0.3) is 0 Å². The zero-order valence-corrected chi connectivity index (χ0v) is 9.09. The molecule has 0 aliphatic carbocycles. The largest absolute Gasteiger partial charge is 0.240 e. The van der Waals surface area contributed by atoms with E-state index in [1.807, 2.05) is 29.0 Å². The summed E-state index contributed by atoms with van der Waals surface area (Å²) < 4.78 is 1.90. The van der Waals surface area contributed by atoms with Crippen LogP contribution in [0.15, 0.2) is 54.9 Å². The molecule has 2 aromatic heterocycles. The van der Waals surface area contributed by atoms with E-state index in [1.165, 1.54) is 16.7 Å². The van der Waals surface area contributed by atoms with E-state index < -0.39 is 0 Å². The third-order valence-corrected chi connectivity index (χ3v) is 2.79. The smallest absolute Gasteiger partial charge is 0.0740 e. The summed E-state index contributed by atoms with van der Waals surface area (Å²) >= 11 is 0. The molecule has 0 aliphatic rings. The van der Waals surface area contributed by atoms with Crippen LogP contribution in [0.2, 0.25) is 0 Å². The predicted octanol–water partition coefficient (Wildman–Crippen LogP) is 3.31. The lowest BCUT2D eigenvalue weighted by molar-refractivity contribution is 0.961. The summed E-state index contributed by atoms with van der Waals surface area (Å²) in [6, 6.07) is 14.6. The average Bonchev–Trinajstić information content (AvgIpc) is 2.74. The molecule has 0 saturated heterocycles. The molecule has 1 aromatic carbocycles. The molecule has 0 atom stereocenters. The molecule has 3 rings (SSSR count). The number of hydrogen-bond donors (Lipinski definition) is 0. The molecule has 2 nitrogen and oxygen atoms in total. The van der Waals surface area contributed by atoms with Gasteiger partial charge in [0, 0.05) is 11.8 Å². The molecular weight excluding hydrogens is 196 g/mol. The van der Waals surface area contributed by atoms with Crippen molar-refractivity contribution in [3.63, 3.8) is 0 Å². The van der Waals surface area contributed by atoms with Gasteiger partial charge in [-0.1, -0.05) is 35.9 Å². The lowest BCUT2D eigenvalue weighted by Crippen LogP contribution is -1.83. The molecule has 0 saturated carbocycles. The van der Waals surface area contributed by atoms with E-state index in [0.717, 1.165) is 5.52 Å². The van der Waals surface area contributed by atoms with Gasteiger partial charge in [0.15, 0.2) is 0 Å². The Morgan fingerprint density at radius 1 is 1.00 bits per heavy atom. The van der Waals surface area contributed by atoms with Crippen LogP contribution in [0.1, 0.15) is 5.56 Å². The van der Waals surface area contributed by atoms with Crippen molar-refractivity contribution in [2.75, 3.05) is 0 Å². The second-order valence-corrected chi connectivity index (χ2v) is 3.95. The van der Waals surface area contributed by atoms with E-state index in [9.17, 15) is 0 Å². The summed E-state index contributed by atoms with van der Waals surface area (Å²) in [5.74, 6) is 0. The number of hydrogen-bond acceptors (Lipinski definition) is 1. The number of aromatic nitrogens is 2. The van der Waals surface area contributed by atoms with Crippen LogP contribution in [0.5, 0.6) is 0 Å². The maximum atomic E-state index is 4.33. The van der Waals surface area contributed by atoms with Crippen molar-refractivity contribution >= 4 is 5.52 Å². The molecule has 3 aromatic rings. The number of nitrogens with zero attached hydrogens (tertiary/aromatic N) is 2. The lowest BCUT2D eigenvalue weighted by atomic mass is 10.1. The molecule has 2 heteroatoms. The third-order valence-electron chi connectivity index (χ3n) is 2.79. The topological polar surface area (TPSA) is 17.3 Å². The molecular formula is C14H12N2. The lowest BCUT2D eigenvalue weighted by Gasteiger charge is -1.99. The van der Waals surface area contributed by atoms with Crippen LogP contribution in [0.25, 0.3) is 16.6 Å². The fourth-order valence-corrected chi connectivity index (χ4v) is 1.89. The summed E-state index contributed by atoms with van der Waals surface area (Å²) in [6.45, 7) is 2.10. The van der Waals surface area contributed by atoms with Crippen LogP contribution in [0.3, 0.4) is 0 Å². The number of aryl methyl sites for hydroxylation is 1. The number of pyridine rings is 1. The van der Waals surface area contributed by atoms with Gasteiger partial charge in [0.05, 0.1) is 11.7 Å². The minimum Gasteiger partial charge on any atom is -0.240 e. The van der Waals surface area contributed by atoms with E-state index >= 15 is 0 Å². The Balaban J connectivity index is 2.22. The Kier molecular flexibility index (Phi) is 2.00. The first-order chi connectivity index (χ1) is 7.84. The van der Waals surface area contributed by atoms with E-state index in [1.54, 1.807) is 0 Å². The van der Waals surface area contributed by atoms with Crippen molar-refractivity contribution in [1.82, 2.24) is 9.61 Å². The van der Waals surface area contributed by atoms with Crippen molar-refractivity contribution in [3.05, 3.63) is 60.4 Å². The summed E-state index contributed by atoms with van der Waals surface area (Å²) in [7, 11) is 0. The maximum absolute atomic E-state index is 4.33. The minimum atomic E-state index is 1.14. The Morgan fingerprint density at radius 2 is 1.81 bits per heavy atom. The first-order valence-corrected chi connectivity index (χ1v) is 5.34. The zero-order chi connectivity index (χ0) is 11.0. The molecule has 16 heavy (non-hydrogen) atoms. The Hall–Kier alpha value is -2.09. The highest BCUT2D eigenvalue weighted by atomic mass is 15.2. The summed E-state index contributed by atoms with van der Waals surface area (Å²) in [5.41, 5.74) is 4.82. The van der Waals surface area contributed by atoms with Gasteiger partial charge in [0.2, 0.25) is 0 Å². The molecule has 0 spiro atoms. The number of benzene rings is 1. The Morgan fingerprint density at radius 3 is 2.62 bits per heavy atom. The van der Waals surface area contributed by atoms with E-state index in [2.05, 4.69) is 42.4 Å². The monoisotopic (exact) mass is 208 g/mol. The van der Waals surface area contributed by atoms with E-state index in [-0.39, 0.29) is 0 Å². The highest BCUT2D eigenvalue weighted by Gasteiger charge is 2.04. The normalized spacial score (nSPS) is 10.8. The SMILES string of the molecule is Cc1ccc(-c2cnn3ccccc23)cc1. The van der Waals surface area contributed by atoms with Gasteiger partial charge in [0.1, 0.15) is 0 Å². The van der Waals surface area contributed by atoms with E-state index in [0.29, 0.717) is 0 Å². The second kappa shape index (κ2) is 3.49. The fraction of sp³-hybridized carbons (Fsp3) is 0.0714. The highest BCUT2D eigenvalue weighted by Crippen LogP contribution is 2.24. The van der Waals surface area contributed by atoms with Crippen LogP contribution in [0.4, 0.5) is 0 Å². The molecule has 0 unspecified atom stereocenters. The molecule has 0 amide bonds. The molecule has 0 bridgehead atoms. The number of rotatable bonds is 1. The quantitative estimate of drug-likeness (QED) is 0.599. The van der Waals surface area contributed by atoms with Crippen LogP contribution in [0, 0.1) is 6.92 Å². The molecule has 0 N–H and O–H groups in total. The Labute approximate surface area is 94.2 Å². The van der Waals surface area contributed by atoms with Gasteiger partial charge in [-0.2, -0.15) is 5.10 Å². The second-order valence-electron chi connectivity index (χ2n) is 3.95. The van der Waals surface area contributed by atoms with Gasteiger partial charge in [-0.25, -0.2) is 4.52 Å². The molecule has 78 valence electrons. The van der Waals surface area contributed by atoms with E-state index in [4.69, 9.17) is 0 Å². The van der Waals surface area contributed by atoms with Crippen molar-refractivity contribution in [3.8, 4) is 11.1 Å². The number of fused-ring (bicyclic) bond motifs is 1. The molecule has 0 radical (unpaired) electrons. The molecule has 2 heterocycles. The molecule has 0 aliphatic heterocycles. The van der Waals surface area contributed by atoms with Crippen LogP contribution < -0.4 is 0 Å². The first kappa shape index (κ1) is 9.16. The predicted molar refractivity (Wildman–Crippen MR) is 65.4 cm³/mol. The van der Waals surface area contributed by atoms with Crippen molar-refractivity contribution < 1.29 is 0 Å². The fourth-order valence-electron chi connectivity index (χ4n) is 1.89. The summed E-state index contributed by atoms with van der Waals surface area (Å²) in [5, 5.41) is 4.33. The Bertz CT molecular complexity index is 621. The van der Waals surface area contributed by atoms with Crippen molar-refractivity contribution in [2.24, 2.45) is 0 Å². The standard InChI is InChI=1S/C14H12N2/c1-11-5-7-12(8-6-11)13-10-15-16-9-3-2-4-14(13)16/h2-10H,1H3. The van der Waals surface area contributed by atoms with Crippen LogP contribution in [-0.4, -0.2) is 9.61 Å². The van der Waals surface area contributed by atoms with Gasteiger partial charge in [-0.15, -0.1) is 0 Å². The molecule has 0 fully saturated rings. The first-order valence-electron chi connectivity index (χ1n) is 5.34. The van der Waals surface area contributed by atoms with Gasteiger partial charge < -0.3 is 0 Å². The third kappa shape index (κ3) is 1.39. The minimum absolute atomic E-state index is 1.14. The summed E-state index contributed by atoms with van der Waals surface area (Å²) in [6.07, 6.45) is 3.88.